The molecule has 3 rings (SSSR count). The van der Waals surface area contributed by atoms with E-state index in [1.54, 1.807) is 13.2 Å². The van der Waals surface area contributed by atoms with Crippen molar-refractivity contribution in [2.45, 2.75) is 18.9 Å². The Morgan fingerprint density at radius 3 is 2.95 bits per heavy atom. The largest absolute Gasteiger partial charge is 0.497 e. The van der Waals surface area contributed by atoms with Crippen LogP contribution in [-0.4, -0.2) is 19.5 Å². The van der Waals surface area contributed by atoms with Crippen molar-refractivity contribution in [2.75, 3.05) is 13.7 Å². The summed E-state index contributed by atoms with van der Waals surface area (Å²) < 4.78 is 11.0. The predicted octanol–water partition coefficient (Wildman–Crippen LogP) is 3.58. The number of fused-ring (bicyclic) bond motifs is 1. The number of carbonyl (C=O) groups is 1. The monoisotopic (exact) mass is 282 g/mol. The summed E-state index contributed by atoms with van der Waals surface area (Å²) in [6.45, 7) is 0.674. The van der Waals surface area contributed by atoms with Gasteiger partial charge < -0.3 is 9.47 Å². The van der Waals surface area contributed by atoms with Gasteiger partial charge in [0.15, 0.2) is 5.78 Å². The smallest absolute Gasteiger partial charge is 0.165 e. The Morgan fingerprint density at radius 2 is 2.10 bits per heavy atom. The number of hydrogen-bond donors (Lipinski definition) is 0. The molecule has 0 amide bonds. The molecule has 1 aliphatic rings. The number of hydrogen-bond acceptors (Lipinski definition) is 3. The molecule has 21 heavy (non-hydrogen) atoms. The first kappa shape index (κ1) is 13.8. The summed E-state index contributed by atoms with van der Waals surface area (Å²) in [6.07, 6.45) is 1.14. The molecule has 1 unspecified atom stereocenters. The van der Waals surface area contributed by atoms with Crippen molar-refractivity contribution in [1.29, 1.82) is 0 Å². The minimum Gasteiger partial charge on any atom is -0.497 e. The fraction of sp³-hybridized carbons (Fsp3) is 0.278. The van der Waals surface area contributed by atoms with Crippen LogP contribution in [0.25, 0.3) is 0 Å². The van der Waals surface area contributed by atoms with Crippen molar-refractivity contribution in [3.63, 3.8) is 0 Å². The molecule has 0 aromatic heterocycles. The molecule has 2 aromatic carbocycles. The molecule has 1 aliphatic heterocycles. The van der Waals surface area contributed by atoms with E-state index in [1.807, 2.05) is 30.3 Å². The van der Waals surface area contributed by atoms with Gasteiger partial charge in [0, 0.05) is 12.0 Å². The van der Waals surface area contributed by atoms with Gasteiger partial charge in [0.25, 0.3) is 0 Å². The van der Waals surface area contributed by atoms with Crippen LogP contribution in [0, 0.1) is 0 Å². The van der Waals surface area contributed by atoms with Crippen molar-refractivity contribution in [3.05, 3.63) is 65.2 Å². The number of carbonyl (C=O) groups excluding carboxylic acids is 1. The molecule has 3 heteroatoms. The van der Waals surface area contributed by atoms with Gasteiger partial charge >= 0.3 is 0 Å². The first-order chi connectivity index (χ1) is 10.3. The molecule has 0 saturated heterocycles. The maximum Gasteiger partial charge on any atom is 0.165 e. The lowest BCUT2D eigenvalue weighted by molar-refractivity contribution is 0.0352. The highest BCUT2D eigenvalue weighted by molar-refractivity contribution is 5.96. The number of benzene rings is 2. The van der Waals surface area contributed by atoms with E-state index < -0.39 is 0 Å². The van der Waals surface area contributed by atoms with Crippen LogP contribution < -0.4 is 4.74 Å². The second-order valence-electron chi connectivity index (χ2n) is 5.17. The second kappa shape index (κ2) is 6.10. The molecule has 0 saturated carbocycles. The van der Waals surface area contributed by atoms with E-state index in [0.29, 0.717) is 24.3 Å². The molecular formula is C18H18O3. The minimum absolute atomic E-state index is 0.0793. The lowest BCUT2D eigenvalue weighted by Gasteiger charge is -2.25. The zero-order valence-corrected chi connectivity index (χ0v) is 12.0. The highest BCUT2D eigenvalue weighted by atomic mass is 16.5. The van der Waals surface area contributed by atoms with Gasteiger partial charge in [0.05, 0.1) is 19.8 Å². The Kier molecular flexibility index (Phi) is 4.02. The molecule has 2 aromatic rings. The number of ether oxygens (including phenoxy) is 2. The lowest BCUT2D eigenvalue weighted by Crippen LogP contribution is -2.19. The zero-order chi connectivity index (χ0) is 14.7. The van der Waals surface area contributed by atoms with Gasteiger partial charge in [-0.3, -0.25) is 4.79 Å². The first-order valence-electron chi connectivity index (χ1n) is 7.14. The van der Waals surface area contributed by atoms with Crippen molar-refractivity contribution in [3.8, 4) is 5.75 Å². The maximum absolute atomic E-state index is 12.5. The Bertz CT molecular complexity index is 648. The standard InChI is InChI=1S/C18H18O3/c1-20-15-7-4-6-14(11-15)17(19)12-18-16-8-3-2-5-13(16)9-10-21-18/h2-8,11,18H,9-10,12H2,1H3. The van der Waals surface area contributed by atoms with Crippen molar-refractivity contribution < 1.29 is 14.3 Å². The fourth-order valence-electron chi connectivity index (χ4n) is 2.73. The van der Waals surface area contributed by atoms with Crippen LogP contribution in [-0.2, 0) is 11.2 Å². The SMILES string of the molecule is COc1cccc(C(=O)CC2OCCc3ccccc32)c1. The average molecular weight is 282 g/mol. The van der Waals surface area contributed by atoms with Crippen LogP contribution in [0.4, 0.5) is 0 Å². The van der Waals surface area contributed by atoms with Crippen LogP contribution in [0.15, 0.2) is 48.5 Å². The van der Waals surface area contributed by atoms with Crippen LogP contribution in [0.1, 0.15) is 34.0 Å². The molecule has 3 nitrogen and oxygen atoms in total. The summed E-state index contributed by atoms with van der Waals surface area (Å²) in [5.41, 5.74) is 3.09. The molecule has 0 bridgehead atoms. The van der Waals surface area contributed by atoms with Gasteiger partial charge in [0.2, 0.25) is 0 Å². The molecule has 1 heterocycles. The number of methoxy groups -OCH3 is 1. The Hall–Kier alpha value is -2.13. The van der Waals surface area contributed by atoms with Crippen molar-refractivity contribution in [1.82, 2.24) is 0 Å². The summed E-state index contributed by atoms with van der Waals surface area (Å²) in [5, 5.41) is 0. The highest BCUT2D eigenvalue weighted by Gasteiger charge is 2.23. The molecule has 0 N–H and O–H groups in total. The summed E-state index contributed by atoms with van der Waals surface area (Å²) in [7, 11) is 1.60. The number of ketones is 1. The summed E-state index contributed by atoms with van der Waals surface area (Å²) in [5.74, 6) is 0.779. The molecule has 0 fully saturated rings. The topological polar surface area (TPSA) is 35.5 Å². The predicted molar refractivity (Wildman–Crippen MR) is 80.8 cm³/mol. The Balaban J connectivity index is 1.79. The van der Waals surface area contributed by atoms with E-state index in [-0.39, 0.29) is 11.9 Å². The molecule has 1 atom stereocenters. The maximum atomic E-state index is 12.5. The number of rotatable bonds is 4. The van der Waals surface area contributed by atoms with Gasteiger partial charge in [-0.25, -0.2) is 0 Å². The van der Waals surface area contributed by atoms with Crippen LogP contribution in [0.3, 0.4) is 0 Å². The lowest BCUT2D eigenvalue weighted by atomic mass is 9.93. The van der Waals surface area contributed by atoms with Gasteiger partial charge in [0.1, 0.15) is 5.75 Å². The van der Waals surface area contributed by atoms with Crippen molar-refractivity contribution in [2.24, 2.45) is 0 Å². The number of Topliss-reactive ketones (excluding diaryl/α,β-unsaturated/α-hetero) is 1. The van der Waals surface area contributed by atoms with E-state index in [1.165, 1.54) is 5.56 Å². The van der Waals surface area contributed by atoms with E-state index in [0.717, 1.165) is 12.0 Å². The third-order valence-corrected chi connectivity index (χ3v) is 3.85. The molecular weight excluding hydrogens is 264 g/mol. The normalized spacial score (nSPS) is 17.1. The van der Waals surface area contributed by atoms with Gasteiger partial charge in [-0.2, -0.15) is 0 Å². The van der Waals surface area contributed by atoms with E-state index in [9.17, 15) is 4.79 Å². The third-order valence-electron chi connectivity index (χ3n) is 3.85. The van der Waals surface area contributed by atoms with Crippen LogP contribution >= 0.6 is 0 Å². The van der Waals surface area contributed by atoms with Crippen LogP contribution in [0.2, 0.25) is 0 Å². The Morgan fingerprint density at radius 1 is 1.24 bits per heavy atom. The third kappa shape index (κ3) is 2.98. The summed E-state index contributed by atoms with van der Waals surface area (Å²) in [4.78, 5) is 12.5. The van der Waals surface area contributed by atoms with E-state index in [4.69, 9.17) is 9.47 Å². The molecule has 108 valence electrons. The molecule has 0 spiro atoms. The molecule has 0 radical (unpaired) electrons. The van der Waals surface area contributed by atoms with Gasteiger partial charge in [-0.05, 0) is 29.7 Å². The van der Waals surface area contributed by atoms with Gasteiger partial charge in [-0.1, -0.05) is 36.4 Å². The first-order valence-corrected chi connectivity index (χ1v) is 7.14. The highest BCUT2D eigenvalue weighted by Crippen LogP contribution is 2.30. The minimum atomic E-state index is -0.145. The van der Waals surface area contributed by atoms with Crippen molar-refractivity contribution >= 4 is 5.78 Å². The summed E-state index contributed by atoms with van der Waals surface area (Å²) >= 11 is 0. The second-order valence-corrected chi connectivity index (χ2v) is 5.17. The molecule has 0 aliphatic carbocycles. The zero-order valence-electron chi connectivity index (χ0n) is 12.0. The van der Waals surface area contributed by atoms with Crippen LogP contribution in [0.5, 0.6) is 5.75 Å². The average Bonchev–Trinajstić information content (AvgIpc) is 2.55. The summed E-state index contributed by atoms with van der Waals surface area (Å²) in [6, 6.07) is 15.5. The van der Waals surface area contributed by atoms with E-state index in [2.05, 4.69) is 12.1 Å². The Labute approximate surface area is 124 Å². The van der Waals surface area contributed by atoms with E-state index >= 15 is 0 Å². The fourth-order valence-corrected chi connectivity index (χ4v) is 2.73. The quantitative estimate of drug-likeness (QED) is 0.804. The van der Waals surface area contributed by atoms with Gasteiger partial charge in [-0.15, -0.1) is 0 Å².